The van der Waals surface area contributed by atoms with Gasteiger partial charge in [0.2, 0.25) is 0 Å². The average molecular weight is 403 g/mol. The molecule has 3 aromatic rings. The van der Waals surface area contributed by atoms with Crippen LogP contribution in [0.3, 0.4) is 0 Å². The molecule has 4 rings (SSSR count). The lowest BCUT2D eigenvalue weighted by Gasteiger charge is -2.20. The Kier molecular flexibility index (Phi) is 5.75. The number of amides is 2. The Morgan fingerprint density at radius 3 is 2.30 bits per heavy atom. The summed E-state index contributed by atoms with van der Waals surface area (Å²) in [5.41, 5.74) is 2.46. The minimum Gasteiger partial charge on any atom is -0.370 e. The second-order valence-corrected chi connectivity index (χ2v) is 7.31. The molecule has 0 bridgehead atoms. The molecule has 3 N–H and O–H groups in total. The lowest BCUT2D eigenvalue weighted by molar-refractivity contribution is -0.117. The summed E-state index contributed by atoms with van der Waals surface area (Å²) in [5, 5.41) is 9.00. The number of hydrogen-bond acceptors (Lipinski definition) is 3. The lowest BCUT2D eigenvalue weighted by atomic mass is 10.0. The molecule has 1 aliphatic rings. The maximum Gasteiger partial charge on any atom is 0.251 e. The number of benzene rings is 3. The summed E-state index contributed by atoms with van der Waals surface area (Å²) in [5.74, 6) is -0.777. The molecule has 1 fully saturated rings. The number of nitrogens with one attached hydrogen (secondary N) is 3. The molecular formula is C24H22FN3O2. The Hall–Kier alpha value is -3.67. The van der Waals surface area contributed by atoms with E-state index < -0.39 is 6.04 Å². The number of halogens is 1. The lowest BCUT2D eigenvalue weighted by Crippen LogP contribution is -2.28. The van der Waals surface area contributed by atoms with Crippen LogP contribution in [0.1, 0.15) is 34.8 Å². The smallest absolute Gasteiger partial charge is 0.251 e. The van der Waals surface area contributed by atoms with E-state index in [1.54, 1.807) is 18.2 Å². The predicted molar refractivity (Wildman–Crippen MR) is 115 cm³/mol. The molecule has 1 saturated carbocycles. The Morgan fingerprint density at radius 1 is 0.867 bits per heavy atom. The Bertz CT molecular complexity index is 1030. The van der Waals surface area contributed by atoms with Crippen LogP contribution in [0.5, 0.6) is 0 Å². The maximum atomic E-state index is 13.2. The molecule has 0 spiro atoms. The monoisotopic (exact) mass is 403 g/mol. The molecule has 0 saturated heterocycles. The zero-order valence-corrected chi connectivity index (χ0v) is 16.3. The first-order valence-corrected chi connectivity index (χ1v) is 9.87. The second kappa shape index (κ2) is 8.78. The van der Waals surface area contributed by atoms with E-state index in [4.69, 9.17) is 0 Å². The molecule has 0 aromatic heterocycles. The van der Waals surface area contributed by atoms with Crippen LogP contribution in [0, 0.1) is 5.82 Å². The maximum absolute atomic E-state index is 13.2. The van der Waals surface area contributed by atoms with E-state index in [1.165, 1.54) is 24.3 Å². The van der Waals surface area contributed by atoms with Gasteiger partial charge in [0.05, 0.1) is 0 Å². The van der Waals surface area contributed by atoms with Gasteiger partial charge in [-0.05, 0) is 60.9 Å². The van der Waals surface area contributed by atoms with E-state index in [2.05, 4.69) is 16.0 Å². The minimum absolute atomic E-state index is 0.117. The fourth-order valence-electron chi connectivity index (χ4n) is 3.11. The van der Waals surface area contributed by atoms with Crippen LogP contribution in [0.2, 0.25) is 0 Å². The first-order chi connectivity index (χ1) is 14.6. The molecule has 1 atom stereocenters. The molecular weight excluding hydrogens is 381 g/mol. The van der Waals surface area contributed by atoms with Crippen molar-refractivity contribution in [3.05, 3.63) is 95.8 Å². The van der Waals surface area contributed by atoms with Crippen LogP contribution in [0.4, 0.5) is 15.8 Å². The summed E-state index contributed by atoms with van der Waals surface area (Å²) in [6.45, 7) is 0. The van der Waals surface area contributed by atoms with Crippen molar-refractivity contribution in [1.82, 2.24) is 5.32 Å². The van der Waals surface area contributed by atoms with Crippen molar-refractivity contribution in [2.24, 2.45) is 0 Å². The predicted octanol–water partition coefficient (Wildman–Crippen LogP) is 4.51. The molecule has 0 radical (unpaired) electrons. The van der Waals surface area contributed by atoms with Gasteiger partial charge in [-0.2, -0.15) is 0 Å². The topological polar surface area (TPSA) is 70.2 Å². The van der Waals surface area contributed by atoms with Gasteiger partial charge < -0.3 is 16.0 Å². The van der Waals surface area contributed by atoms with Gasteiger partial charge in [0, 0.05) is 23.0 Å². The van der Waals surface area contributed by atoms with E-state index in [0.29, 0.717) is 16.9 Å². The van der Waals surface area contributed by atoms with Gasteiger partial charge in [-0.15, -0.1) is 0 Å². The number of carbonyl (C=O) groups excluding carboxylic acids is 2. The average Bonchev–Trinajstić information content (AvgIpc) is 3.58. The van der Waals surface area contributed by atoms with Crippen LogP contribution in [0.15, 0.2) is 78.9 Å². The van der Waals surface area contributed by atoms with Gasteiger partial charge >= 0.3 is 0 Å². The van der Waals surface area contributed by atoms with Gasteiger partial charge in [-0.1, -0.05) is 36.4 Å². The zero-order valence-electron chi connectivity index (χ0n) is 16.3. The highest BCUT2D eigenvalue weighted by atomic mass is 19.1. The summed E-state index contributed by atoms with van der Waals surface area (Å²) in [6, 6.07) is 21.6. The van der Waals surface area contributed by atoms with E-state index in [1.807, 2.05) is 36.4 Å². The van der Waals surface area contributed by atoms with Gasteiger partial charge in [0.25, 0.3) is 11.8 Å². The van der Waals surface area contributed by atoms with Crippen molar-refractivity contribution < 1.29 is 14.0 Å². The van der Waals surface area contributed by atoms with Crippen molar-refractivity contribution in [1.29, 1.82) is 0 Å². The van der Waals surface area contributed by atoms with Gasteiger partial charge in [-0.25, -0.2) is 4.39 Å². The third kappa shape index (κ3) is 5.03. The summed E-state index contributed by atoms with van der Waals surface area (Å²) in [4.78, 5) is 25.4. The Morgan fingerprint density at radius 2 is 1.60 bits per heavy atom. The third-order valence-electron chi connectivity index (χ3n) is 4.86. The molecule has 1 aliphatic carbocycles. The van der Waals surface area contributed by atoms with Crippen molar-refractivity contribution in [3.63, 3.8) is 0 Å². The molecule has 0 aliphatic heterocycles. The fraction of sp³-hybridized carbons (Fsp3) is 0.167. The first-order valence-electron chi connectivity index (χ1n) is 9.87. The van der Waals surface area contributed by atoms with Crippen molar-refractivity contribution in [3.8, 4) is 0 Å². The summed E-state index contributed by atoms with van der Waals surface area (Å²) in [7, 11) is 0. The van der Waals surface area contributed by atoms with Crippen LogP contribution >= 0.6 is 0 Å². The number of rotatable bonds is 7. The normalized spacial score (nSPS) is 13.9. The minimum atomic E-state index is -0.696. The quantitative estimate of drug-likeness (QED) is 0.544. The molecule has 6 heteroatoms. The Balaban J connectivity index is 1.55. The molecule has 2 amide bonds. The third-order valence-corrected chi connectivity index (χ3v) is 4.86. The van der Waals surface area contributed by atoms with Crippen LogP contribution in [-0.2, 0) is 4.79 Å². The van der Waals surface area contributed by atoms with Crippen LogP contribution < -0.4 is 16.0 Å². The molecule has 5 nitrogen and oxygen atoms in total. The fourth-order valence-corrected chi connectivity index (χ4v) is 3.11. The van der Waals surface area contributed by atoms with Gasteiger partial charge in [-0.3, -0.25) is 9.59 Å². The van der Waals surface area contributed by atoms with Gasteiger partial charge in [0.1, 0.15) is 11.9 Å². The molecule has 30 heavy (non-hydrogen) atoms. The van der Waals surface area contributed by atoms with Gasteiger partial charge in [0.15, 0.2) is 0 Å². The SMILES string of the molecule is O=C(NC1CC1)c1cccc(N[C@H](C(=O)Nc2ccc(F)cc2)c2ccccc2)c1. The Labute approximate surface area is 174 Å². The second-order valence-electron chi connectivity index (χ2n) is 7.31. The number of anilines is 2. The molecule has 0 unspecified atom stereocenters. The van der Waals surface area contributed by atoms with Crippen LogP contribution in [0.25, 0.3) is 0 Å². The summed E-state index contributed by atoms with van der Waals surface area (Å²) in [6.07, 6.45) is 2.03. The van der Waals surface area contributed by atoms with E-state index in [0.717, 1.165) is 18.4 Å². The zero-order chi connectivity index (χ0) is 20.9. The number of carbonyl (C=O) groups is 2. The summed E-state index contributed by atoms with van der Waals surface area (Å²) >= 11 is 0. The summed E-state index contributed by atoms with van der Waals surface area (Å²) < 4.78 is 13.2. The van der Waals surface area contributed by atoms with E-state index in [-0.39, 0.29) is 23.7 Å². The molecule has 152 valence electrons. The largest absolute Gasteiger partial charge is 0.370 e. The highest BCUT2D eigenvalue weighted by Crippen LogP contribution is 2.24. The molecule has 3 aromatic carbocycles. The van der Waals surface area contributed by atoms with Crippen molar-refractivity contribution in [2.45, 2.75) is 24.9 Å². The standard InChI is InChI=1S/C24H22FN3O2/c25-18-9-11-19(12-10-18)28-24(30)22(16-5-2-1-3-6-16)26-21-8-4-7-17(15-21)23(29)27-20-13-14-20/h1-12,15,20,22,26H,13-14H2,(H,27,29)(H,28,30)/t22-/m0/s1. The first kappa shape index (κ1) is 19.6. The van der Waals surface area contributed by atoms with Crippen LogP contribution in [-0.4, -0.2) is 17.9 Å². The van der Waals surface area contributed by atoms with E-state index >= 15 is 0 Å². The number of hydrogen-bond donors (Lipinski definition) is 3. The molecule has 0 heterocycles. The van der Waals surface area contributed by atoms with Crippen molar-refractivity contribution in [2.75, 3.05) is 10.6 Å². The van der Waals surface area contributed by atoms with E-state index in [9.17, 15) is 14.0 Å². The van der Waals surface area contributed by atoms with Crippen molar-refractivity contribution >= 4 is 23.2 Å². The highest BCUT2D eigenvalue weighted by molar-refractivity contribution is 5.98. The highest BCUT2D eigenvalue weighted by Gasteiger charge is 2.24.